The molecule has 0 spiro atoms. The first-order valence-electron chi connectivity index (χ1n) is 16.4. The highest BCUT2D eigenvalue weighted by molar-refractivity contribution is 5.89. The first-order chi connectivity index (χ1) is 22.6. The van der Waals surface area contributed by atoms with Gasteiger partial charge in [-0.05, 0) is 69.7 Å². The fraction of sp³-hybridized carbons (Fsp3) is 0.500. The maximum absolute atomic E-state index is 13.5. The number of carbonyl (C=O) groups is 3. The lowest BCUT2D eigenvalue weighted by Crippen LogP contribution is -2.52. The van der Waals surface area contributed by atoms with E-state index in [1.807, 2.05) is 47.5 Å². The van der Waals surface area contributed by atoms with E-state index >= 15 is 0 Å². The van der Waals surface area contributed by atoms with Crippen molar-refractivity contribution in [2.24, 2.45) is 0 Å². The number of anilines is 1. The molecule has 13 heteroatoms. The van der Waals surface area contributed by atoms with Crippen LogP contribution in [0.4, 0.5) is 10.5 Å². The number of aromatic amines is 1. The highest BCUT2D eigenvalue weighted by Gasteiger charge is 2.35. The van der Waals surface area contributed by atoms with Gasteiger partial charge in [-0.1, -0.05) is 12.1 Å². The van der Waals surface area contributed by atoms with Crippen molar-refractivity contribution in [2.45, 2.75) is 76.3 Å². The molecule has 4 amide bonds. The Morgan fingerprint density at radius 2 is 1.94 bits per heavy atom. The Bertz CT molecular complexity index is 1540. The van der Waals surface area contributed by atoms with Crippen LogP contribution in [0.1, 0.15) is 51.5 Å². The van der Waals surface area contributed by atoms with E-state index < -0.39 is 17.6 Å². The minimum atomic E-state index is -1.22. The molecule has 1 aliphatic carbocycles. The number of hydrogen-bond acceptors (Lipinski definition) is 8. The van der Waals surface area contributed by atoms with Crippen LogP contribution in [-0.2, 0) is 16.1 Å². The second kappa shape index (κ2) is 14.0. The highest BCUT2D eigenvalue weighted by atomic mass is 16.5. The summed E-state index contributed by atoms with van der Waals surface area (Å²) in [4.78, 5) is 49.2. The minimum Gasteiger partial charge on any atom is -0.478 e. The predicted molar refractivity (Wildman–Crippen MR) is 176 cm³/mol. The SMILES string of the molecule is CC(C)(Oc1cccc(N2CCC[C@@H](NC(=O)N(Cc3ccc(-c4cn[nH]c4)nc3)C3CC3)C2)c1)C(=O)NCC(=O)N1CC[C@H](O)C1. The minimum absolute atomic E-state index is 0.0138. The molecular formula is C34H44N8O5. The lowest BCUT2D eigenvalue weighted by atomic mass is 10.0. The van der Waals surface area contributed by atoms with Gasteiger partial charge >= 0.3 is 6.03 Å². The number of amides is 4. The summed E-state index contributed by atoms with van der Waals surface area (Å²) < 4.78 is 6.12. The van der Waals surface area contributed by atoms with Crippen LogP contribution in [-0.4, -0.2) is 104 Å². The maximum atomic E-state index is 13.5. The molecular weight excluding hydrogens is 600 g/mol. The Balaban J connectivity index is 1.02. The summed E-state index contributed by atoms with van der Waals surface area (Å²) in [5.74, 6) is -0.0893. The van der Waals surface area contributed by atoms with Crippen LogP contribution in [0, 0.1) is 0 Å². The van der Waals surface area contributed by atoms with E-state index in [2.05, 4.69) is 30.7 Å². The van der Waals surface area contributed by atoms with Crippen LogP contribution in [0.15, 0.2) is 55.0 Å². The standard InChI is InChI=1S/C34H44N8O5/c1-34(2,32(45)36-19-31(44)41-14-12-28(43)22-41)47-29-7-3-6-27(15-29)40-13-4-5-25(21-40)39-33(46)42(26-9-10-26)20-23-8-11-30(35-16-23)24-17-37-38-18-24/h3,6-8,11,15-18,25-26,28,43H,4-5,9-10,12-14,19-22H2,1-2H3,(H,36,45)(H,37,38)(H,39,46)/t25-,28+/m1/s1. The van der Waals surface area contributed by atoms with E-state index in [9.17, 15) is 19.5 Å². The van der Waals surface area contributed by atoms with Gasteiger partial charge in [-0.25, -0.2) is 4.79 Å². The third-order valence-electron chi connectivity index (χ3n) is 8.99. The number of likely N-dealkylation sites (tertiary alicyclic amines) is 1. The second-order valence-corrected chi connectivity index (χ2v) is 13.2. The number of β-amino-alcohol motifs (C(OH)–C–C–N with tert-alkyl or cyclic N) is 1. The third-order valence-corrected chi connectivity index (χ3v) is 8.99. The van der Waals surface area contributed by atoms with Crippen LogP contribution in [0.25, 0.3) is 11.3 Å². The van der Waals surface area contributed by atoms with Gasteiger partial charge in [0.25, 0.3) is 5.91 Å². The van der Waals surface area contributed by atoms with Gasteiger partial charge in [0.05, 0.1) is 24.5 Å². The number of carbonyl (C=O) groups excluding carboxylic acids is 3. The van der Waals surface area contributed by atoms with Gasteiger partial charge in [-0.3, -0.25) is 19.7 Å². The predicted octanol–water partition coefficient (Wildman–Crippen LogP) is 2.68. The molecule has 2 saturated heterocycles. The number of aromatic nitrogens is 3. The Hall–Kier alpha value is -4.65. The zero-order chi connectivity index (χ0) is 33.0. The average Bonchev–Trinajstić information content (AvgIpc) is 3.55. The summed E-state index contributed by atoms with van der Waals surface area (Å²) in [5, 5.41) is 22.4. The Morgan fingerprint density at radius 3 is 2.64 bits per heavy atom. The fourth-order valence-corrected chi connectivity index (χ4v) is 6.15. The quantitative estimate of drug-likeness (QED) is 0.248. The van der Waals surface area contributed by atoms with Crippen LogP contribution in [0.5, 0.6) is 5.75 Å². The van der Waals surface area contributed by atoms with E-state index in [0.717, 1.165) is 54.7 Å². The smallest absolute Gasteiger partial charge is 0.318 e. The maximum Gasteiger partial charge on any atom is 0.318 e. The number of nitrogens with zero attached hydrogens (tertiary/aromatic N) is 5. The number of rotatable bonds is 11. The number of H-pyrrole nitrogens is 1. The summed E-state index contributed by atoms with van der Waals surface area (Å²) in [7, 11) is 0. The van der Waals surface area contributed by atoms with E-state index in [4.69, 9.17) is 4.74 Å². The molecule has 0 radical (unpaired) electrons. The van der Waals surface area contributed by atoms with Crippen LogP contribution in [0.2, 0.25) is 0 Å². The molecule has 3 fully saturated rings. The molecule has 0 unspecified atom stereocenters. The molecule has 3 aromatic rings. The molecule has 4 heterocycles. The summed E-state index contributed by atoms with van der Waals surface area (Å²) in [6.07, 6.45) is 9.23. The van der Waals surface area contributed by atoms with Crippen molar-refractivity contribution in [3.63, 3.8) is 0 Å². The fourth-order valence-electron chi connectivity index (χ4n) is 6.15. The molecule has 2 aliphatic heterocycles. The van der Waals surface area contributed by atoms with Crippen molar-refractivity contribution in [3.05, 3.63) is 60.6 Å². The summed E-state index contributed by atoms with van der Waals surface area (Å²) >= 11 is 0. The number of aliphatic hydroxyl groups is 1. The monoisotopic (exact) mass is 644 g/mol. The van der Waals surface area contributed by atoms with Gasteiger partial charge in [0.15, 0.2) is 5.60 Å². The number of ether oxygens (including phenoxy) is 1. The molecule has 250 valence electrons. The summed E-state index contributed by atoms with van der Waals surface area (Å²) in [6, 6.07) is 11.8. The molecule has 0 bridgehead atoms. The number of benzene rings is 1. The van der Waals surface area contributed by atoms with E-state index in [-0.39, 0.29) is 30.6 Å². The van der Waals surface area contributed by atoms with Gasteiger partial charge in [-0.15, -0.1) is 0 Å². The number of urea groups is 1. The topological polar surface area (TPSA) is 156 Å². The Morgan fingerprint density at radius 1 is 1.09 bits per heavy atom. The zero-order valence-electron chi connectivity index (χ0n) is 27.0. The summed E-state index contributed by atoms with van der Waals surface area (Å²) in [6.45, 7) is 5.97. The molecule has 1 aromatic carbocycles. The van der Waals surface area contributed by atoms with Gasteiger partial charge < -0.3 is 35.2 Å². The normalized spacial score (nSPS) is 19.7. The number of hydrogen-bond donors (Lipinski definition) is 4. The molecule has 2 atom stereocenters. The van der Waals surface area contributed by atoms with Crippen molar-refractivity contribution in [1.82, 2.24) is 35.6 Å². The number of pyridine rings is 1. The number of nitrogens with one attached hydrogen (secondary N) is 3. The van der Waals surface area contributed by atoms with Crippen molar-refractivity contribution < 1.29 is 24.2 Å². The van der Waals surface area contributed by atoms with Crippen molar-refractivity contribution in [3.8, 4) is 17.0 Å². The molecule has 6 rings (SSSR count). The Labute approximate surface area is 274 Å². The van der Waals surface area contributed by atoms with Crippen molar-refractivity contribution in [1.29, 1.82) is 0 Å². The van der Waals surface area contributed by atoms with Gasteiger partial charge in [0.2, 0.25) is 5.91 Å². The van der Waals surface area contributed by atoms with E-state index in [0.29, 0.717) is 38.3 Å². The highest BCUT2D eigenvalue weighted by Crippen LogP contribution is 2.30. The number of piperidine rings is 1. The van der Waals surface area contributed by atoms with Gasteiger partial charge in [-0.2, -0.15) is 5.10 Å². The van der Waals surface area contributed by atoms with Crippen molar-refractivity contribution >= 4 is 23.5 Å². The molecule has 1 saturated carbocycles. The second-order valence-electron chi connectivity index (χ2n) is 13.2. The molecule has 13 nitrogen and oxygen atoms in total. The molecule has 47 heavy (non-hydrogen) atoms. The molecule has 2 aromatic heterocycles. The lowest BCUT2D eigenvalue weighted by molar-refractivity contribution is -0.138. The van der Waals surface area contributed by atoms with E-state index in [1.165, 1.54) is 0 Å². The Kier molecular flexibility index (Phi) is 9.62. The third kappa shape index (κ3) is 8.20. The van der Waals surface area contributed by atoms with Crippen molar-refractivity contribution in [2.75, 3.05) is 37.6 Å². The lowest BCUT2D eigenvalue weighted by Gasteiger charge is -2.36. The van der Waals surface area contributed by atoms with Gasteiger partial charge in [0.1, 0.15) is 5.75 Å². The largest absolute Gasteiger partial charge is 0.478 e. The average molecular weight is 645 g/mol. The summed E-state index contributed by atoms with van der Waals surface area (Å²) in [5.41, 5.74) is 2.47. The molecule has 3 aliphatic rings. The van der Waals surface area contributed by atoms with Crippen LogP contribution >= 0.6 is 0 Å². The molecule has 4 N–H and O–H groups in total. The first-order valence-corrected chi connectivity index (χ1v) is 16.4. The van der Waals surface area contributed by atoms with Crippen LogP contribution < -0.4 is 20.3 Å². The number of aliphatic hydroxyl groups excluding tert-OH is 1. The zero-order valence-corrected chi connectivity index (χ0v) is 27.0. The van der Waals surface area contributed by atoms with E-state index in [1.54, 1.807) is 31.1 Å². The first kappa shape index (κ1) is 32.3. The van der Waals surface area contributed by atoms with Crippen LogP contribution in [0.3, 0.4) is 0 Å². The van der Waals surface area contributed by atoms with Gasteiger partial charge in [0, 0.05) is 74.5 Å².